The molecular formula is C18H21NO2. The molecule has 1 unspecified atom stereocenters. The Morgan fingerprint density at radius 3 is 2.48 bits per heavy atom. The fraction of sp³-hybridized carbons (Fsp3) is 0.333. The number of hydrogen-bond donors (Lipinski definition) is 0. The zero-order chi connectivity index (χ0) is 14.7. The lowest BCUT2D eigenvalue weighted by Gasteiger charge is -2.18. The Morgan fingerprint density at radius 1 is 1.05 bits per heavy atom. The predicted octanol–water partition coefficient (Wildman–Crippen LogP) is 4.01. The highest BCUT2D eigenvalue weighted by Crippen LogP contribution is 2.28. The van der Waals surface area contributed by atoms with E-state index in [0.29, 0.717) is 6.10 Å². The van der Waals surface area contributed by atoms with Crippen LogP contribution in [0.15, 0.2) is 48.5 Å². The lowest BCUT2D eigenvalue weighted by molar-refractivity contribution is 0.121. The third-order valence-electron chi connectivity index (χ3n) is 4.00. The summed E-state index contributed by atoms with van der Waals surface area (Å²) in [4.78, 5) is 2.35. The standard InChI is InChI=1S/C18H21NO2/c1-14-5-3-4-6-18(14)21-16-9-7-15(8-10-16)19-12-11-17(13-19)20-2/h3-10,17H,11-13H2,1-2H3. The minimum atomic E-state index is 0.355. The van der Waals surface area contributed by atoms with Gasteiger partial charge in [0.15, 0.2) is 0 Å². The molecule has 1 atom stereocenters. The van der Waals surface area contributed by atoms with Crippen molar-refractivity contribution in [2.24, 2.45) is 0 Å². The molecule has 1 fully saturated rings. The Labute approximate surface area is 126 Å². The van der Waals surface area contributed by atoms with E-state index in [9.17, 15) is 0 Å². The number of methoxy groups -OCH3 is 1. The first-order valence-corrected chi connectivity index (χ1v) is 7.37. The monoisotopic (exact) mass is 283 g/mol. The average molecular weight is 283 g/mol. The van der Waals surface area contributed by atoms with E-state index in [-0.39, 0.29) is 0 Å². The number of aryl methyl sites for hydroxylation is 1. The summed E-state index contributed by atoms with van der Waals surface area (Å²) in [6.07, 6.45) is 1.45. The number of ether oxygens (including phenoxy) is 2. The van der Waals surface area contributed by atoms with Crippen molar-refractivity contribution < 1.29 is 9.47 Å². The molecule has 0 saturated carbocycles. The second-order valence-electron chi connectivity index (χ2n) is 5.45. The maximum atomic E-state index is 5.93. The van der Waals surface area contributed by atoms with Gasteiger partial charge < -0.3 is 14.4 Å². The van der Waals surface area contributed by atoms with Crippen molar-refractivity contribution in [3.8, 4) is 11.5 Å². The average Bonchev–Trinajstić information content (AvgIpc) is 2.99. The molecule has 0 amide bonds. The van der Waals surface area contributed by atoms with E-state index in [2.05, 4.69) is 30.0 Å². The lowest BCUT2D eigenvalue weighted by Crippen LogP contribution is -2.21. The molecule has 21 heavy (non-hydrogen) atoms. The molecule has 1 saturated heterocycles. The van der Waals surface area contributed by atoms with Crippen molar-refractivity contribution in [2.75, 3.05) is 25.1 Å². The van der Waals surface area contributed by atoms with E-state index in [1.807, 2.05) is 30.3 Å². The van der Waals surface area contributed by atoms with Gasteiger partial charge in [-0.25, -0.2) is 0 Å². The summed E-state index contributed by atoms with van der Waals surface area (Å²) in [6, 6.07) is 16.4. The molecule has 1 aliphatic heterocycles. The van der Waals surface area contributed by atoms with Crippen LogP contribution in [0.5, 0.6) is 11.5 Å². The first-order chi connectivity index (χ1) is 10.3. The Balaban J connectivity index is 1.69. The zero-order valence-electron chi connectivity index (χ0n) is 12.6. The van der Waals surface area contributed by atoms with Crippen molar-refractivity contribution in [3.63, 3.8) is 0 Å². The van der Waals surface area contributed by atoms with Crippen LogP contribution in [0.4, 0.5) is 5.69 Å². The number of nitrogens with zero attached hydrogens (tertiary/aromatic N) is 1. The molecule has 3 rings (SSSR count). The normalized spacial score (nSPS) is 18.0. The maximum absolute atomic E-state index is 5.93. The van der Waals surface area contributed by atoms with Gasteiger partial charge in [-0.2, -0.15) is 0 Å². The molecule has 3 heteroatoms. The Hall–Kier alpha value is -2.00. The second kappa shape index (κ2) is 6.19. The van der Waals surface area contributed by atoms with Gasteiger partial charge >= 0.3 is 0 Å². The van der Waals surface area contributed by atoms with E-state index in [4.69, 9.17) is 9.47 Å². The number of rotatable bonds is 4. The van der Waals surface area contributed by atoms with E-state index >= 15 is 0 Å². The third-order valence-corrected chi connectivity index (χ3v) is 4.00. The molecule has 2 aromatic rings. The number of anilines is 1. The number of benzene rings is 2. The first kappa shape index (κ1) is 14.0. The fourth-order valence-electron chi connectivity index (χ4n) is 2.68. The first-order valence-electron chi connectivity index (χ1n) is 7.37. The van der Waals surface area contributed by atoms with E-state index in [1.165, 1.54) is 5.69 Å². The molecular weight excluding hydrogens is 262 g/mol. The molecule has 0 spiro atoms. The van der Waals surface area contributed by atoms with Crippen LogP contribution in [-0.4, -0.2) is 26.3 Å². The molecule has 1 aliphatic rings. The summed E-state index contributed by atoms with van der Waals surface area (Å²) in [7, 11) is 1.79. The lowest BCUT2D eigenvalue weighted by atomic mass is 10.2. The van der Waals surface area contributed by atoms with Gasteiger partial charge in [-0.3, -0.25) is 0 Å². The third kappa shape index (κ3) is 3.19. The van der Waals surface area contributed by atoms with Crippen LogP contribution in [-0.2, 0) is 4.74 Å². The largest absolute Gasteiger partial charge is 0.457 e. The van der Waals surface area contributed by atoms with Crippen LogP contribution in [0.3, 0.4) is 0 Å². The maximum Gasteiger partial charge on any atom is 0.130 e. The van der Waals surface area contributed by atoms with Gasteiger partial charge in [0.1, 0.15) is 11.5 Å². The topological polar surface area (TPSA) is 21.7 Å². The van der Waals surface area contributed by atoms with Crippen molar-refractivity contribution in [3.05, 3.63) is 54.1 Å². The van der Waals surface area contributed by atoms with Gasteiger partial charge in [0.25, 0.3) is 0 Å². The van der Waals surface area contributed by atoms with Crippen molar-refractivity contribution >= 4 is 5.69 Å². The Bertz CT molecular complexity index is 594. The smallest absolute Gasteiger partial charge is 0.130 e. The summed E-state index contributed by atoms with van der Waals surface area (Å²) in [5.41, 5.74) is 2.37. The SMILES string of the molecule is COC1CCN(c2ccc(Oc3ccccc3C)cc2)C1. The highest BCUT2D eigenvalue weighted by Gasteiger charge is 2.22. The van der Waals surface area contributed by atoms with E-state index < -0.39 is 0 Å². The summed E-state index contributed by atoms with van der Waals surface area (Å²) in [5, 5.41) is 0. The van der Waals surface area contributed by atoms with Crippen LogP contribution >= 0.6 is 0 Å². The van der Waals surface area contributed by atoms with Crippen molar-refractivity contribution in [1.29, 1.82) is 0 Å². The van der Waals surface area contributed by atoms with Gasteiger partial charge in [0.2, 0.25) is 0 Å². The van der Waals surface area contributed by atoms with Crippen LogP contribution < -0.4 is 9.64 Å². The van der Waals surface area contributed by atoms with Gasteiger partial charge in [-0.15, -0.1) is 0 Å². The van der Waals surface area contributed by atoms with Gasteiger partial charge in [-0.05, 0) is 49.2 Å². The van der Waals surface area contributed by atoms with Gasteiger partial charge in [-0.1, -0.05) is 18.2 Å². The molecule has 0 radical (unpaired) electrons. The summed E-state index contributed by atoms with van der Waals surface area (Å²) in [6.45, 7) is 4.07. The van der Waals surface area contributed by atoms with Crippen LogP contribution in [0.2, 0.25) is 0 Å². The van der Waals surface area contributed by atoms with Crippen LogP contribution in [0, 0.1) is 6.92 Å². The number of para-hydroxylation sites is 1. The molecule has 0 aromatic heterocycles. The molecule has 3 nitrogen and oxygen atoms in total. The predicted molar refractivity (Wildman–Crippen MR) is 85.3 cm³/mol. The quantitative estimate of drug-likeness (QED) is 0.846. The molecule has 1 heterocycles. The summed E-state index contributed by atoms with van der Waals surface area (Å²) < 4.78 is 11.3. The van der Waals surface area contributed by atoms with Crippen LogP contribution in [0.1, 0.15) is 12.0 Å². The molecule has 0 bridgehead atoms. The summed E-state index contributed by atoms with van der Waals surface area (Å²) >= 11 is 0. The number of hydrogen-bond acceptors (Lipinski definition) is 3. The zero-order valence-corrected chi connectivity index (χ0v) is 12.6. The molecule has 2 aromatic carbocycles. The minimum Gasteiger partial charge on any atom is -0.457 e. The second-order valence-corrected chi connectivity index (χ2v) is 5.45. The molecule has 110 valence electrons. The molecule has 0 aliphatic carbocycles. The van der Waals surface area contributed by atoms with E-state index in [1.54, 1.807) is 7.11 Å². The van der Waals surface area contributed by atoms with Gasteiger partial charge in [0, 0.05) is 25.9 Å². The van der Waals surface area contributed by atoms with Gasteiger partial charge in [0.05, 0.1) is 6.10 Å². The van der Waals surface area contributed by atoms with Crippen molar-refractivity contribution in [2.45, 2.75) is 19.4 Å². The van der Waals surface area contributed by atoms with Crippen LogP contribution in [0.25, 0.3) is 0 Å². The van der Waals surface area contributed by atoms with Crippen molar-refractivity contribution in [1.82, 2.24) is 0 Å². The molecule has 0 N–H and O–H groups in total. The highest BCUT2D eigenvalue weighted by molar-refractivity contribution is 5.51. The Kier molecular flexibility index (Phi) is 4.11. The van der Waals surface area contributed by atoms with E-state index in [0.717, 1.165) is 36.6 Å². The fourth-order valence-corrected chi connectivity index (χ4v) is 2.68. The minimum absolute atomic E-state index is 0.355. The highest BCUT2D eigenvalue weighted by atomic mass is 16.5. The Morgan fingerprint density at radius 2 is 1.81 bits per heavy atom. The summed E-state index contributed by atoms with van der Waals surface area (Å²) in [5.74, 6) is 1.78.